The quantitative estimate of drug-likeness (QED) is 0.0625. The van der Waals surface area contributed by atoms with Crippen molar-refractivity contribution in [2.75, 3.05) is 13.1 Å². The fourth-order valence-electron chi connectivity index (χ4n) is 3.72. The molecule has 1 aliphatic rings. The molecule has 11 N–H and O–H groups in total. The van der Waals surface area contributed by atoms with Gasteiger partial charge in [0.1, 0.15) is 18.1 Å². The molecule has 1 saturated heterocycles. The maximum atomic E-state index is 13.1. The molecule has 1 fully saturated rings. The highest BCUT2D eigenvalue weighted by atomic mass is 16.4. The van der Waals surface area contributed by atoms with E-state index in [1.807, 2.05) is 0 Å². The number of aliphatic imine (C=N–C) groups is 1. The number of primary amides is 1. The van der Waals surface area contributed by atoms with E-state index in [1.165, 1.54) is 0 Å². The Morgan fingerprint density at radius 2 is 1.67 bits per heavy atom. The second-order valence-corrected chi connectivity index (χ2v) is 8.94. The van der Waals surface area contributed by atoms with Crippen molar-refractivity contribution < 1.29 is 29.1 Å². The molecule has 0 spiro atoms. The molecule has 1 rings (SSSR count). The van der Waals surface area contributed by atoms with Crippen molar-refractivity contribution in [1.29, 1.82) is 0 Å². The number of carboxylic acids is 1. The highest BCUT2D eigenvalue weighted by Crippen LogP contribution is 2.11. The number of nitrogens with zero attached hydrogens (tertiary/aromatic N) is 1. The Kier molecular flexibility index (Phi) is 13.2. The number of nitrogens with two attached hydrogens (primary N) is 3. The summed E-state index contributed by atoms with van der Waals surface area (Å²) < 4.78 is 0. The number of rotatable bonds is 16. The minimum Gasteiger partial charge on any atom is -0.480 e. The molecule has 4 amide bonds. The van der Waals surface area contributed by atoms with Crippen LogP contribution in [-0.2, 0) is 24.0 Å². The molecule has 1 heterocycles. The number of carbonyl (C=O) groups is 5. The first-order chi connectivity index (χ1) is 17.0. The summed E-state index contributed by atoms with van der Waals surface area (Å²) in [5.74, 6) is -4.11. The molecule has 204 valence electrons. The molecule has 0 aromatic rings. The number of hydrogen-bond donors (Lipinski definition) is 8. The lowest BCUT2D eigenvalue weighted by Crippen LogP contribution is -2.57. The van der Waals surface area contributed by atoms with Crippen molar-refractivity contribution >= 4 is 35.6 Å². The van der Waals surface area contributed by atoms with Crippen molar-refractivity contribution in [3.63, 3.8) is 0 Å². The summed E-state index contributed by atoms with van der Waals surface area (Å²) in [5.41, 5.74) is 15.9. The third-order valence-corrected chi connectivity index (χ3v) is 6.04. The van der Waals surface area contributed by atoms with Crippen molar-refractivity contribution in [2.24, 2.45) is 28.1 Å². The number of nitrogens with one attached hydrogen (secondary N) is 4. The van der Waals surface area contributed by atoms with Crippen LogP contribution in [0.4, 0.5) is 0 Å². The van der Waals surface area contributed by atoms with Gasteiger partial charge in [0, 0.05) is 13.0 Å². The van der Waals surface area contributed by atoms with Crippen molar-refractivity contribution in [3.8, 4) is 0 Å². The molecular weight excluding hydrogens is 472 g/mol. The third-order valence-electron chi connectivity index (χ3n) is 6.04. The van der Waals surface area contributed by atoms with Crippen molar-refractivity contribution in [1.82, 2.24) is 21.3 Å². The maximum absolute atomic E-state index is 13.1. The number of carboxylic acid groups (broad SMARTS) is 1. The fourth-order valence-corrected chi connectivity index (χ4v) is 3.72. The predicted molar refractivity (Wildman–Crippen MR) is 132 cm³/mol. The number of guanidine groups is 1. The van der Waals surface area contributed by atoms with Gasteiger partial charge in [0.25, 0.3) is 0 Å². The number of aliphatic carboxylic acids is 1. The standard InChI is InChI=1S/C22H40N8O6/c1-3-12(2)17(21(35)36)30-20(34)14(7-5-11-27-22(24)25)28-19(33)15(8-9-16(23)31)29-18(32)13-6-4-10-26-13/h12-15,17,26H,3-11H2,1-2H3,(H2,23,31)(H,28,33)(H,29,32)(H,30,34)(H,35,36)(H4,24,25,27). The van der Waals surface area contributed by atoms with E-state index in [0.29, 0.717) is 25.8 Å². The molecule has 5 atom stereocenters. The van der Waals surface area contributed by atoms with E-state index < -0.39 is 53.8 Å². The van der Waals surface area contributed by atoms with E-state index in [1.54, 1.807) is 13.8 Å². The van der Waals surface area contributed by atoms with E-state index in [0.717, 1.165) is 6.42 Å². The normalized spacial score (nSPS) is 18.2. The van der Waals surface area contributed by atoms with Gasteiger partial charge in [-0.2, -0.15) is 0 Å². The molecule has 0 radical (unpaired) electrons. The number of carbonyl (C=O) groups excluding carboxylic acids is 4. The first-order valence-electron chi connectivity index (χ1n) is 12.2. The van der Waals surface area contributed by atoms with E-state index in [9.17, 15) is 29.1 Å². The highest BCUT2D eigenvalue weighted by molar-refractivity contribution is 5.94. The maximum Gasteiger partial charge on any atom is 0.326 e. The predicted octanol–water partition coefficient (Wildman–Crippen LogP) is -2.36. The molecule has 36 heavy (non-hydrogen) atoms. The van der Waals surface area contributed by atoms with Crippen LogP contribution >= 0.6 is 0 Å². The molecule has 0 aromatic carbocycles. The summed E-state index contributed by atoms with van der Waals surface area (Å²) in [6, 6.07) is -3.86. The zero-order valence-corrected chi connectivity index (χ0v) is 20.9. The molecule has 0 aromatic heterocycles. The van der Waals surface area contributed by atoms with E-state index >= 15 is 0 Å². The second kappa shape index (κ2) is 15.5. The largest absolute Gasteiger partial charge is 0.480 e. The lowest BCUT2D eigenvalue weighted by molar-refractivity contribution is -0.144. The Hall–Kier alpha value is -3.42. The molecule has 5 unspecified atom stereocenters. The van der Waals surface area contributed by atoms with Crippen LogP contribution in [0.1, 0.15) is 58.8 Å². The Morgan fingerprint density at radius 1 is 1.03 bits per heavy atom. The molecule has 1 aliphatic heterocycles. The minimum absolute atomic E-state index is 0.0629. The summed E-state index contributed by atoms with van der Waals surface area (Å²) in [5, 5.41) is 20.3. The van der Waals surface area contributed by atoms with E-state index in [-0.39, 0.29) is 37.7 Å². The van der Waals surface area contributed by atoms with Crippen LogP contribution < -0.4 is 38.5 Å². The summed E-state index contributed by atoms with van der Waals surface area (Å²) >= 11 is 0. The summed E-state index contributed by atoms with van der Waals surface area (Å²) in [4.78, 5) is 65.5. The topological polar surface area (TPSA) is 244 Å². The van der Waals surface area contributed by atoms with Crippen molar-refractivity contribution in [2.45, 2.75) is 83.0 Å². The van der Waals surface area contributed by atoms with Crippen LogP contribution in [0.15, 0.2) is 4.99 Å². The summed E-state index contributed by atoms with van der Waals surface area (Å²) in [6.45, 7) is 4.35. The minimum atomic E-state index is -1.20. The highest BCUT2D eigenvalue weighted by Gasteiger charge is 2.32. The molecule has 14 heteroatoms. The molecule has 0 aliphatic carbocycles. The SMILES string of the molecule is CCC(C)C(NC(=O)C(CCCN=C(N)N)NC(=O)C(CCC(N)=O)NC(=O)C1CCCN1)C(=O)O. The van der Waals surface area contributed by atoms with Gasteiger partial charge in [0.15, 0.2) is 5.96 Å². The smallest absolute Gasteiger partial charge is 0.326 e. The van der Waals surface area contributed by atoms with Crippen LogP contribution in [-0.4, -0.2) is 77.9 Å². The van der Waals surface area contributed by atoms with Gasteiger partial charge in [-0.1, -0.05) is 20.3 Å². The van der Waals surface area contributed by atoms with Crippen LogP contribution in [0.25, 0.3) is 0 Å². The van der Waals surface area contributed by atoms with E-state index in [2.05, 4.69) is 26.3 Å². The van der Waals surface area contributed by atoms with Gasteiger partial charge in [-0.15, -0.1) is 0 Å². The fraction of sp³-hybridized carbons (Fsp3) is 0.727. The summed E-state index contributed by atoms with van der Waals surface area (Å²) in [7, 11) is 0. The van der Waals surface area contributed by atoms with Crippen LogP contribution in [0.5, 0.6) is 0 Å². The number of amides is 4. The first-order valence-corrected chi connectivity index (χ1v) is 12.2. The average molecular weight is 513 g/mol. The first kappa shape index (κ1) is 30.6. The zero-order valence-electron chi connectivity index (χ0n) is 20.9. The Bertz CT molecular complexity index is 810. The molecular formula is C22H40N8O6. The monoisotopic (exact) mass is 512 g/mol. The van der Waals surface area contributed by atoms with Crippen LogP contribution in [0, 0.1) is 5.92 Å². The lowest BCUT2D eigenvalue weighted by atomic mass is 9.98. The molecule has 0 bridgehead atoms. The third kappa shape index (κ3) is 10.9. The van der Waals surface area contributed by atoms with E-state index in [4.69, 9.17) is 17.2 Å². The van der Waals surface area contributed by atoms with Crippen LogP contribution in [0.3, 0.4) is 0 Å². The van der Waals surface area contributed by atoms with Gasteiger partial charge >= 0.3 is 5.97 Å². The van der Waals surface area contributed by atoms with Gasteiger partial charge < -0.3 is 43.6 Å². The molecule has 0 saturated carbocycles. The van der Waals surface area contributed by atoms with Crippen molar-refractivity contribution in [3.05, 3.63) is 0 Å². The molecule has 14 nitrogen and oxygen atoms in total. The lowest BCUT2D eigenvalue weighted by Gasteiger charge is -2.26. The second-order valence-electron chi connectivity index (χ2n) is 8.94. The Balaban J connectivity index is 3.02. The van der Waals surface area contributed by atoms with Gasteiger partial charge in [0.2, 0.25) is 23.6 Å². The van der Waals surface area contributed by atoms with Gasteiger partial charge in [-0.3, -0.25) is 24.2 Å². The zero-order chi connectivity index (χ0) is 27.3. The Morgan fingerprint density at radius 3 is 2.19 bits per heavy atom. The van der Waals surface area contributed by atoms with Gasteiger partial charge in [0.05, 0.1) is 6.04 Å². The number of hydrogen-bond acceptors (Lipinski definition) is 7. The van der Waals surface area contributed by atoms with Crippen LogP contribution in [0.2, 0.25) is 0 Å². The Labute approximate surface area is 210 Å². The van der Waals surface area contributed by atoms with Gasteiger partial charge in [-0.25, -0.2) is 4.79 Å². The van der Waals surface area contributed by atoms with Gasteiger partial charge in [-0.05, 0) is 44.6 Å². The average Bonchev–Trinajstić information content (AvgIpc) is 3.35. The summed E-state index contributed by atoms with van der Waals surface area (Å²) in [6.07, 6.45) is 2.12.